The second kappa shape index (κ2) is 4.84. The highest BCUT2D eigenvalue weighted by Gasteiger charge is 2.28. The Morgan fingerprint density at radius 3 is 2.82 bits per heavy atom. The Hall–Kier alpha value is -0.770. The lowest BCUT2D eigenvalue weighted by atomic mass is 9.92. The van der Waals surface area contributed by atoms with Gasteiger partial charge in [0.25, 0.3) is 0 Å². The van der Waals surface area contributed by atoms with Crippen molar-refractivity contribution in [2.24, 2.45) is 11.7 Å². The van der Waals surface area contributed by atoms with E-state index in [0.717, 1.165) is 17.7 Å². The fourth-order valence-corrected chi connectivity index (χ4v) is 2.76. The molecule has 0 saturated carbocycles. The number of carbonyl (C=O) groups is 1. The van der Waals surface area contributed by atoms with Gasteiger partial charge < -0.3 is 10.6 Å². The topological polar surface area (TPSA) is 46.3 Å². The first-order chi connectivity index (χ1) is 8.02. The molecule has 0 aliphatic carbocycles. The first kappa shape index (κ1) is 12.7. The van der Waals surface area contributed by atoms with Gasteiger partial charge in [0, 0.05) is 29.2 Å². The van der Waals surface area contributed by atoms with E-state index in [0.29, 0.717) is 23.1 Å². The van der Waals surface area contributed by atoms with E-state index in [-0.39, 0.29) is 11.8 Å². The van der Waals surface area contributed by atoms with Gasteiger partial charge in [-0.3, -0.25) is 4.79 Å². The van der Waals surface area contributed by atoms with Crippen LogP contribution in [0.25, 0.3) is 0 Å². The minimum absolute atomic E-state index is 0.0114. The molecule has 0 saturated heterocycles. The number of hydrogen-bond acceptors (Lipinski definition) is 2. The lowest BCUT2D eigenvalue weighted by Gasteiger charge is -2.34. The average molecular weight is 273 g/mol. The van der Waals surface area contributed by atoms with Crippen LogP contribution in [-0.2, 0) is 11.2 Å². The van der Waals surface area contributed by atoms with Crippen LogP contribution >= 0.6 is 23.2 Å². The molecule has 2 N–H and O–H groups in total. The molecule has 92 valence electrons. The molecule has 0 radical (unpaired) electrons. The number of fused-ring (bicyclic) bond motifs is 1. The van der Waals surface area contributed by atoms with E-state index in [9.17, 15) is 4.79 Å². The van der Waals surface area contributed by atoms with Crippen LogP contribution in [-0.4, -0.2) is 19.0 Å². The summed E-state index contributed by atoms with van der Waals surface area (Å²) in [5, 5.41) is 1.16. The first-order valence-corrected chi connectivity index (χ1v) is 6.24. The summed E-state index contributed by atoms with van der Waals surface area (Å²) in [7, 11) is 0. The zero-order valence-corrected chi connectivity index (χ0v) is 11.1. The van der Waals surface area contributed by atoms with E-state index < -0.39 is 0 Å². The maximum absolute atomic E-state index is 11.6. The Morgan fingerprint density at radius 1 is 1.53 bits per heavy atom. The van der Waals surface area contributed by atoms with Crippen LogP contribution in [0.5, 0.6) is 0 Å². The largest absolute Gasteiger partial charge is 0.330 e. The number of halogens is 2. The molecule has 1 aromatic rings. The van der Waals surface area contributed by atoms with E-state index in [1.807, 2.05) is 0 Å². The van der Waals surface area contributed by atoms with Gasteiger partial charge in [0.1, 0.15) is 0 Å². The quantitative estimate of drug-likeness (QED) is 0.854. The van der Waals surface area contributed by atoms with Crippen LogP contribution in [0.1, 0.15) is 12.5 Å². The number of amides is 1. The minimum atomic E-state index is -0.0114. The van der Waals surface area contributed by atoms with Crippen LogP contribution in [0.2, 0.25) is 10.0 Å². The van der Waals surface area contributed by atoms with E-state index in [2.05, 4.69) is 0 Å². The van der Waals surface area contributed by atoms with Crippen molar-refractivity contribution in [3.8, 4) is 0 Å². The second-order valence-electron chi connectivity index (χ2n) is 4.32. The molecule has 5 heteroatoms. The standard InChI is InChI=1S/C12H14Cl2N2O/c1-7(17)16-6-8(5-15)2-10-11(14)3-9(13)4-12(10)16/h3-4,8H,2,5-6,15H2,1H3. The molecule has 1 aliphatic rings. The number of carbonyl (C=O) groups excluding carboxylic acids is 1. The maximum Gasteiger partial charge on any atom is 0.223 e. The summed E-state index contributed by atoms with van der Waals surface area (Å²) in [5.41, 5.74) is 7.48. The monoisotopic (exact) mass is 272 g/mol. The predicted molar refractivity (Wildman–Crippen MR) is 70.7 cm³/mol. The molecule has 1 atom stereocenters. The van der Waals surface area contributed by atoms with Gasteiger partial charge in [-0.1, -0.05) is 23.2 Å². The summed E-state index contributed by atoms with van der Waals surface area (Å²) in [5.74, 6) is 0.243. The predicted octanol–water partition coefficient (Wildman–Crippen LogP) is 2.48. The Morgan fingerprint density at radius 2 is 2.24 bits per heavy atom. The highest BCUT2D eigenvalue weighted by atomic mass is 35.5. The van der Waals surface area contributed by atoms with Gasteiger partial charge in [-0.25, -0.2) is 0 Å². The summed E-state index contributed by atoms with van der Waals surface area (Å²) in [6.07, 6.45) is 0.797. The van der Waals surface area contributed by atoms with Crippen molar-refractivity contribution < 1.29 is 4.79 Å². The van der Waals surface area contributed by atoms with E-state index >= 15 is 0 Å². The highest BCUT2D eigenvalue weighted by Crippen LogP contribution is 2.37. The third-order valence-corrected chi connectivity index (χ3v) is 3.63. The van der Waals surface area contributed by atoms with Crippen LogP contribution in [0, 0.1) is 5.92 Å². The van der Waals surface area contributed by atoms with Crippen LogP contribution < -0.4 is 10.6 Å². The van der Waals surface area contributed by atoms with Gasteiger partial charge in [-0.2, -0.15) is 0 Å². The third kappa shape index (κ3) is 2.41. The van der Waals surface area contributed by atoms with Crippen LogP contribution in [0.15, 0.2) is 12.1 Å². The molecule has 0 spiro atoms. The molecule has 0 aromatic heterocycles. The lowest BCUT2D eigenvalue weighted by molar-refractivity contribution is -0.116. The number of hydrogen-bond donors (Lipinski definition) is 1. The molecule has 0 bridgehead atoms. The minimum Gasteiger partial charge on any atom is -0.330 e. The molecule has 2 rings (SSSR count). The van der Waals surface area contributed by atoms with Crippen molar-refractivity contribution in [1.82, 2.24) is 0 Å². The fourth-order valence-electron chi connectivity index (χ4n) is 2.20. The van der Waals surface area contributed by atoms with Crippen molar-refractivity contribution in [1.29, 1.82) is 0 Å². The number of nitrogens with two attached hydrogens (primary N) is 1. The van der Waals surface area contributed by atoms with Gasteiger partial charge >= 0.3 is 0 Å². The Bertz CT molecular complexity index is 462. The summed E-state index contributed by atoms with van der Waals surface area (Å²) in [6, 6.07) is 3.50. The van der Waals surface area contributed by atoms with Gasteiger partial charge in [0.05, 0.1) is 0 Å². The fraction of sp³-hybridized carbons (Fsp3) is 0.417. The molecule has 1 aromatic carbocycles. The molecule has 1 aliphatic heterocycles. The average Bonchev–Trinajstić information content (AvgIpc) is 2.27. The van der Waals surface area contributed by atoms with Gasteiger partial charge in [0.15, 0.2) is 0 Å². The summed E-state index contributed by atoms with van der Waals surface area (Å²) in [6.45, 7) is 2.72. The van der Waals surface area contributed by atoms with E-state index in [4.69, 9.17) is 28.9 Å². The molecule has 1 amide bonds. The van der Waals surface area contributed by atoms with Crippen molar-refractivity contribution >= 4 is 34.8 Å². The molecular formula is C12H14Cl2N2O. The normalized spacial score (nSPS) is 19.1. The van der Waals surface area contributed by atoms with Gasteiger partial charge in [0.2, 0.25) is 5.91 Å². The Kier molecular flexibility index (Phi) is 3.61. The zero-order valence-electron chi connectivity index (χ0n) is 9.54. The van der Waals surface area contributed by atoms with E-state index in [1.165, 1.54) is 6.92 Å². The summed E-state index contributed by atoms with van der Waals surface area (Å²) in [4.78, 5) is 13.3. The first-order valence-electron chi connectivity index (χ1n) is 5.49. The Labute approximate surface area is 110 Å². The number of rotatable bonds is 1. The van der Waals surface area contributed by atoms with Gasteiger partial charge in [-0.15, -0.1) is 0 Å². The molecule has 17 heavy (non-hydrogen) atoms. The highest BCUT2D eigenvalue weighted by molar-refractivity contribution is 6.35. The SMILES string of the molecule is CC(=O)N1CC(CN)Cc2c(Cl)cc(Cl)cc21. The molecule has 1 heterocycles. The summed E-state index contributed by atoms with van der Waals surface area (Å²) >= 11 is 12.2. The summed E-state index contributed by atoms with van der Waals surface area (Å²) < 4.78 is 0. The smallest absolute Gasteiger partial charge is 0.223 e. The third-order valence-electron chi connectivity index (χ3n) is 3.07. The van der Waals surface area contributed by atoms with Crippen molar-refractivity contribution in [3.63, 3.8) is 0 Å². The lowest BCUT2D eigenvalue weighted by Crippen LogP contribution is -2.41. The van der Waals surface area contributed by atoms with Crippen molar-refractivity contribution in [2.75, 3.05) is 18.0 Å². The molecule has 0 fully saturated rings. The Balaban J connectivity index is 2.52. The number of nitrogens with zero attached hydrogens (tertiary/aromatic N) is 1. The molecule has 3 nitrogen and oxygen atoms in total. The van der Waals surface area contributed by atoms with Crippen molar-refractivity contribution in [2.45, 2.75) is 13.3 Å². The second-order valence-corrected chi connectivity index (χ2v) is 5.16. The number of benzene rings is 1. The van der Waals surface area contributed by atoms with Crippen LogP contribution in [0.3, 0.4) is 0 Å². The van der Waals surface area contributed by atoms with Crippen LogP contribution in [0.4, 0.5) is 5.69 Å². The van der Waals surface area contributed by atoms with Crippen molar-refractivity contribution in [3.05, 3.63) is 27.7 Å². The molecular weight excluding hydrogens is 259 g/mol. The maximum atomic E-state index is 11.6. The zero-order chi connectivity index (χ0) is 12.6. The number of anilines is 1. The van der Waals surface area contributed by atoms with Gasteiger partial charge in [-0.05, 0) is 36.6 Å². The molecule has 1 unspecified atom stereocenters. The van der Waals surface area contributed by atoms with E-state index in [1.54, 1.807) is 17.0 Å².